The maximum atomic E-state index is 4.61. The highest BCUT2D eigenvalue weighted by Gasteiger charge is 2.07. The van der Waals surface area contributed by atoms with Gasteiger partial charge in [-0.05, 0) is 24.3 Å². The molecule has 0 fully saturated rings. The molecule has 1 atom stereocenters. The summed E-state index contributed by atoms with van der Waals surface area (Å²) in [5.41, 5.74) is 4.39. The van der Waals surface area contributed by atoms with E-state index in [1.54, 1.807) is 0 Å². The van der Waals surface area contributed by atoms with Gasteiger partial charge >= 0.3 is 0 Å². The van der Waals surface area contributed by atoms with Crippen LogP contribution in [0.5, 0.6) is 0 Å². The standard InChI is InChI=1S/C12H19N/c1-4-11-7-5-6-8-12(10(2)3)13-9-11/h5,8,10-11H,4,7,9H2,1-3H3/b13-12+. The Kier molecular flexibility index (Phi) is 3.98. The van der Waals surface area contributed by atoms with Gasteiger partial charge in [0.25, 0.3) is 0 Å². The quantitative estimate of drug-likeness (QED) is 0.574. The minimum absolute atomic E-state index is 0.525. The number of allylic oxidation sites excluding steroid dienone is 1. The molecule has 1 unspecified atom stereocenters. The zero-order valence-electron chi connectivity index (χ0n) is 8.88. The molecule has 1 heteroatoms. The average molecular weight is 177 g/mol. The van der Waals surface area contributed by atoms with Gasteiger partial charge in [0.2, 0.25) is 0 Å². The molecule has 1 aliphatic rings. The third-order valence-electron chi connectivity index (χ3n) is 2.50. The van der Waals surface area contributed by atoms with Gasteiger partial charge in [-0.1, -0.05) is 27.2 Å². The van der Waals surface area contributed by atoms with E-state index < -0.39 is 0 Å². The van der Waals surface area contributed by atoms with Crippen molar-refractivity contribution >= 4 is 5.71 Å². The second-order valence-corrected chi connectivity index (χ2v) is 3.95. The zero-order valence-corrected chi connectivity index (χ0v) is 8.88. The fourth-order valence-corrected chi connectivity index (χ4v) is 1.38. The Labute approximate surface area is 81.3 Å². The minimum atomic E-state index is 0.525. The molecule has 0 aromatic carbocycles. The third kappa shape index (κ3) is 3.20. The molecule has 0 saturated heterocycles. The van der Waals surface area contributed by atoms with Crippen LogP contribution in [-0.2, 0) is 0 Å². The van der Waals surface area contributed by atoms with Gasteiger partial charge in [0.1, 0.15) is 0 Å². The molecule has 1 rings (SSSR count). The van der Waals surface area contributed by atoms with Crippen LogP contribution in [0.1, 0.15) is 33.6 Å². The van der Waals surface area contributed by atoms with E-state index in [1.165, 1.54) is 12.1 Å². The Bertz CT molecular complexity index is 242. The van der Waals surface area contributed by atoms with Gasteiger partial charge in [-0.25, -0.2) is 0 Å². The second-order valence-electron chi connectivity index (χ2n) is 3.95. The number of rotatable bonds is 2. The monoisotopic (exact) mass is 177 g/mol. The summed E-state index contributed by atoms with van der Waals surface area (Å²) in [6.07, 6.45) is 6.51. The highest BCUT2D eigenvalue weighted by atomic mass is 14.7. The summed E-state index contributed by atoms with van der Waals surface area (Å²) in [6, 6.07) is 0. The predicted octanol–water partition coefficient (Wildman–Crippen LogP) is 3.22. The van der Waals surface area contributed by atoms with Crippen LogP contribution in [0.4, 0.5) is 0 Å². The highest BCUT2D eigenvalue weighted by molar-refractivity contribution is 5.96. The molecule has 0 bridgehead atoms. The first-order valence-electron chi connectivity index (χ1n) is 5.19. The lowest BCUT2D eigenvalue weighted by molar-refractivity contribution is 0.528. The smallest absolute Gasteiger partial charge is 0.0450 e. The lowest BCUT2D eigenvalue weighted by Crippen LogP contribution is -2.10. The van der Waals surface area contributed by atoms with E-state index >= 15 is 0 Å². The first-order valence-corrected chi connectivity index (χ1v) is 5.19. The van der Waals surface area contributed by atoms with Crippen molar-refractivity contribution in [1.29, 1.82) is 0 Å². The van der Waals surface area contributed by atoms with Crippen molar-refractivity contribution in [2.24, 2.45) is 16.8 Å². The van der Waals surface area contributed by atoms with Crippen LogP contribution in [0.2, 0.25) is 0 Å². The molecule has 1 nitrogen and oxygen atoms in total. The summed E-state index contributed by atoms with van der Waals surface area (Å²) >= 11 is 0. The number of hydrogen-bond donors (Lipinski definition) is 0. The second kappa shape index (κ2) is 5.04. The van der Waals surface area contributed by atoms with Gasteiger partial charge in [0.15, 0.2) is 0 Å². The Morgan fingerprint density at radius 2 is 2.38 bits per heavy atom. The molecule has 0 N–H and O–H groups in total. The van der Waals surface area contributed by atoms with E-state index in [1.807, 2.05) is 6.08 Å². The van der Waals surface area contributed by atoms with Gasteiger partial charge in [-0.2, -0.15) is 0 Å². The molecule has 0 aromatic heterocycles. The van der Waals surface area contributed by atoms with Gasteiger partial charge < -0.3 is 0 Å². The van der Waals surface area contributed by atoms with Crippen molar-refractivity contribution in [1.82, 2.24) is 0 Å². The summed E-state index contributed by atoms with van der Waals surface area (Å²) in [6.45, 7) is 7.58. The predicted molar refractivity (Wildman–Crippen MR) is 58.2 cm³/mol. The highest BCUT2D eigenvalue weighted by Crippen LogP contribution is 2.12. The largest absolute Gasteiger partial charge is 0.289 e. The van der Waals surface area contributed by atoms with Gasteiger partial charge in [-0.3, -0.25) is 4.99 Å². The van der Waals surface area contributed by atoms with E-state index in [4.69, 9.17) is 0 Å². The normalized spacial score (nSPS) is 26.8. The van der Waals surface area contributed by atoms with Crippen LogP contribution in [0.15, 0.2) is 22.9 Å². The van der Waals surface area contributed by atoms with Crippen LogP contribution in [0.25, 0.3) is 0 Å². The van der Waals surface area contributed by atoms with Crippen molar-refractivity contribution in [3.63, 3.8) is 0 Å². The van der Waals surface area contributed by atoms with Crippen molar-refractivity contribution in [3.05, 3.63) is 17.9 Å². The molecule has 0 saturated carbocycles. The molecule has 72 valence electrons. The van der Waals surface area contributed by atoms with Crippen molar-refractivity contribution in [3.8, 4) is 0 Å². The maximum absolute atomic E-state index is 4.61. The molecule has 0 aromatic rings. The van der Waals surface area contributed by atoms with E-state index in [0.717, 1.165) is 18.9 Å². The topological polar surface area (TPSA) is 12.4 Å². The van der Waals surface area contributed by atoms with E-state index in [9.17, 15) is 0 Å². The summed E-state index contributed by atoms with van der Waals surface area (Å²) in [4.78, 5) is 4.61. The van der Waals surface area contributed by atoms with Crippen molar-refractivity contribution in [2.45, 2.75) is 33.6 Å². The lowest BCUT2D eigenvalue weighted by Gasteiger charge is -2.12. The molecule has 1 heterocycles. The molecule has 0 spiro atoms. The fourth-order valence-electron chi connectivity index (χ4n) is 1.38. The van der Waals surface area contributed by atoms with Crippen LogP contribution in [-0.4, -0.2) is 12.3 Å². The first-order chi connectivity index (χ1) is 6.24. The Balaban J connectivity index is 2.75. The summed E-state index contributed by atoms with van der Waals surface area (Å²) in [5, 5.41) is 0. The Morgan fingerprint density at radius 3 is 3.00 bits per heavy atom. The van der Waals surface area contributed by atoms with Crippen LogP contribution < -0.4 is 0 Å². The van der Waals surface area contributed by atoms with Crippen LogP contribution in [0.3, 0.4) is 0 Å². The van der Waals surface area contributed by atoms with Gasteiger partial charge in [0, 0.05) is 18.3 Å². The molecule has 13 heavy (non-hydrogen) atoms. The average Bonchev–Trinajstić information content (AvgIpc) is 2.03. The summed E-state index contributed by atoms with van der Waals surface area (Å²) < 4.78 is 0. The fraction of sp³-hybridized carbons (Fsp3) is 0.667. The SMILES string of the molecule is CCC1CC=C=C/C(C(C)C)=N\C1. The molecule has 0 aliphatic carbocycles. The number of nitrogens with zero attached hydrogens (tertiary/aromatic N) is 1. The van der Waals surface area contributed by atoms with Crippen molar-refractivity contribution < 1.29 is 0 Å². The summed E-state index contributed by atoms with van der Waals surface area (Å²) in [5.74, 6) is 1.24. The third-order valence-corrected chi connectivity index (χ3v) is 2.50. The number of aliphatic imine (C=N–C) groups is 1. The minimum Gasteiger partial charge on any atom is -0.289 e. The van der Waals surface area contributed by atoms with Crippen LogP contribution in [0, 0.1) is 11.8 Å². The molecular formula is C12H19N. The maximum Gasteiger partial charge on any atom is 0.0450 e. The Hall–Kier alpha value is -0.810. The van der Waals surface area contributed by atoms with E-state index in [0.29, 0.717) is 5.92 Å². The van der Waals surface area contributed by atoms with Gasteiger partial charge in [0.05, 0.1) is 0 Å². The van der Waals surface area contributed by atoms with Crippen molar-refractivity contribution in [2.75, 3.05) is 6.54 Å². The van der Waals surface area contributed by atoms with E-state index in [-0.39, 0.29) is 0 Å². The lowest BCUT2D eigenvalue weighted by atomic mass is 10.0. The van der Waals surface area contributed by atoms with Gasteiger partial charge in [-0.15, -0.1) is 5.73 Å². The molecular weight excluding hydrogens is 158 g/mol. The zero-order chi connectivity index (χ0) is 9.68. The van der Waals surface area contributed by atoms with Crippen LogP contribution >= 0.6 is 0 Å². The molecule has 0 radical (unpaired) electrons. The molecule has 1 aliphatic heterocycles. The Morgan fingerprint density at radius 1 is 1.62 bits per heavy atom. The van der Waals surface area contributed by atoms with E-state index in [2.05, 4.69) is 37.6 Å². The molecule has 0 amide bonds. The number of hydrogen-bond acceptors (Lipinski definition) is 1. The first kappa shape index (κ1) is 10.3. The summed E-state index contributed by atoms with van der Waals surface area (Å²) in [7, 11) is 0.